The van der Waals surface area contributed by atoms with Gasteiger partial charge in [0.1, 0.15) is 16.9 Å². The lowest BCUT2D eigenvalue weighted by atomic mass is 10.0. The van der Waals surface area contributed by atoms with Crippen LogP contribution >= 0.6 is 0 Å². The molecule has 0 spiro atoms. The molecule has 1 atom stereocenters. The first kappa shape index (κ1) is 24.7. The highest BCUT2D eigenvalue weighted by Crippen LogP contribution is 2.20. The summed E-state index contributed by atoms with van der Waals surface area (Å²) in [4.78, 5) is 49.8. The van der Waals surface area contributed by atoms with Gasteiger partial charge in [-0.25, -0.2) is 9.78 Å². The van der Waals surface area contributed by atoms with Gasteiger partial charge in [0.25, 0.3) is 11.5 Å². The molecule has 1 fully saturated rings. The Kier molecular flexibility index (Phi) is 6.50. The molecule has 6 rings (SSSR count). The Bertz CT molecular complexity index is 1880. The van der Waals surface area contributed by atoms with Crippen LogP contribution in [-0.4, -0.2) is 45.1 Å². The van der Waals surface area contributed by atoms with Gasteiger partial charge in [0.15, 0.2) is 5.49 Å². The molecule has 1 unspecified atom stereocenters. The zero-order chi connectivity index (χ0) is 26.9. The van der Waals surface area contributed by atoms with Gasteiger partial charge in [0.2, 0.25) is 0 Å². The molecule has 2 aromatic carbocycles. The Hall–Kier alpha value is -4.63. The number of hydrogen-bond acceptors (Lipinski definition) is 6. The summed E-state index contributed by atoms with van der Waals surface area (Å²) in [6.07, 6.45) is 3.12. The van der Waals surface area contributed by atoms with Gasteiger partial charge in [-0.2, -0.15) is 4.99 Å². The molecule has 0 radical (unpaired) electrons. The molecule has 1 aliphatic heterocycles. The van der Waals surface area contributed by atoms with Crippen molar-refractivity contribution in [3.05, 3.63) is 99.9 Å². The summed E-state index contributed by atoms with van der Waals surface area (Å²) < 4.78 is 14.3. The van der Waals surface area contributed by atoms with Crippen LogP contribution in [0.1, 0.15) is 40.5 Å². The topological polar surface area (TPSA) is 104 Å². The standard InChI is InChI=1S/C30H26N4O5/c1-2-38-30(37)24-17-23-26(31-25-14-5-6-15-33(25)29(23)36)34(18-20-11-8-16-39-20)27(24)32-28(35)22-13-7-10-19-9-3-4-12-21(19)22/h3-7,9-10,12-15,17,20H,2,8,11,16,18H2,1H3. The van der Waals surface area contributed by atoms with Gasteiger partial charge in [-0.3, -0.25) is 14.0 Å². The second-order valence-electron chi connectivity index (χ2n) is 9.37. The molecule has 1 saturated heterocycles. The van der Waals surface area contributed by atoms with E-state index in [0.717, 1.165) is 23.6 Å². The van der Waals surface area contributed by atoms with Gasteiger partial charge >= 0.3 is 5.97 Å². The second-order valence-corrected chi connectivity index (χ2v) is 9.37. The third kappa shape index (κ3) is 4.51. The van der Waals surface area contributed by atoms with E-state index in [-0.39, 0.29) is 41.3 Å². The quantitative estimate of drug-likeness (QED) is 0.256. The van der Waals surface area contributed by atoms with Gasteiger partial charge in [-0.05, 0) is 54.8 Å². The molecule has 1 aliphatic rings. The first-order valence-electron chi connectivity index (χ1n) is 13.0. The number of carbonyl (C=O) groups is 2. The first-order valence-corrected chi connectivity index (χ1v) is 13.0. The Morgan fingerprint density at radius 3 is 2.69 bits per heavy atom. The van der Waals surface area contributed by atoms with E-state index in [9.17, 15) is 14.4 Å². The molecule has 9 heteroatoms. The summed E-state index contributed by atoms with van der Waals surface area (Å²) in [5, 5.41) is 1.87. The van der Waals surface area contributed by atoms with E-state index in [4.69, 9.17) is 14.5 Å². The van der Waals surface area contributed by atoms with Crippen LogP contribution < -0.4 is 11.0 Å². The molecule has 0 N–H and O–H groups in total. The van der Waals surface area contributed by atoms with Crippen LogP contribution in [-0.2, 0) is 16.0 Å². The maximum Gasteiger partial charge on any atom is 0.341 e. The number of pyridine rings is 2. The number of nitrogens with zero attached hydrogens (tertiary/aromatic N) is 4. The van der Waals surface area contributed by atoms with Crippen LogP contribution in [0.15, 0.2) is 82.7 Å². The maximum atomic E-state index is 13.7. The van der Waals surface area contributed by atoms with Crippen molar-refractivity contribution in [2.75, 3.05) is 13.2 Å². The van der Waals surface area contributed by atoms with Crippen molar-refractivity contribution < 1.29 is 19.1 Å². The number of fused-ring (bicyclic) bond motifs is 3. The van der Waals surface area contributed by atoms with Gasteiger partial charge in [-0.15, -0.1) is 0 Å². The van der Waals surface area contributed by atoms with E-state index in [1.165, 1.54) is 10.5 Å². The van der Waals surface area contributed by atoms with Crippen molar-refractivity contribution in [2.45, 2.75) is 32.4 Å². The lowest BCUT2D eigenvalue weighted by Gasteiger charge is -2.18. The predicted octanol–water partition coefficient (Wildman–Crippen LogP) is 3.90. The van der Waals surface area contributed by atoms with E-state index in [1.807, 2.05) is 30.3 Å². The number of carbonyl (C=O) groups excluding carboxylic acids is 2. The molecule has 0 aliphatic carbocycles. The van der Waals surface area contributed by atoms with Crippen LogP contribution in [0.3, 0.4) is 0 Å². The van der Waals surface area contributed by atoms with Crippen molar-refractivity contribution in [3.63, 3.8) is 0 Å². The van der Waals surface area contributed by atoms with Crippen LogP contribution in [0, 0.1) is 0 Å². The van der Waals surface area contributed by atoms with E-state index in [0.29, 0.717) is 23.5 Å². The van der Waals surface area contributed by atoms with Crippen molar-refractivity contribution in [1.29, 1.82) is 0 Å². The number of rotatable bonds is 5. The summed E-state index contributed by atoms with van der Waals surface area (Å²) >= 11 is 0. The molecule has 39 heavy (non-hydrogen) atoms. The maximum absolute atomic E-state index is 13.7. The fourth-order valence-electron chi connectivity index (χ4n) is 5.09. The highest BCUT2D eigenvalue weighted by molar-refractivity contribution is 6.07. The van der Waals surface area contributed by atoms with Gasteiger partial charge in [-0.1, -0.05) is 42.5 Å². The average Bonchev–Trinajstić information content (AvgIpc) is 3.47. The third-order valence-electron chi connectivity index (χ3n) is 6.92. The lowest BCUT2D eigenvalue weighted by molar-refractivity contribution is 0.0521. The fourth-order valence-corrected chi connectivity index (χ4v) is 5.09. The molecule has 1 amide bonds. The highest BCUT2D eigenvalue weighted by atomic mass is 16.5. The number of benzene rings is 2. The molecular weight excluding hydrogens is 496 g/mol. The second kappa shape index (κ2) is 10.3. The number of ether oxygens (including phenoxy) is 2. The summed E-state index contributed by atoms with van der Waals surface area (Å²) in [5.74, 6) is -1.20. The zero-order valence-electron chi connectivity index (χ0n) is 21.4. The van der Waals surface area contributed by atoms with E-state index >= 15 is 0 Å². The normalized spacial score (nSPS) is 15.8. The van der Waals surface area contributed by atoms with Gasteiger partial charge in [0.05, 0.1) is 24.6 Å². The lowest BCUT2D eigenvalue weighted by Crippen LogP contribution is -2.35. The van der Waals surface area contributed by atoms with E-state index < -0.39 is 11.9 Å². The molecule has 4 heterocycles. The molecule has 0 bridgehead atoms. The molecule has 5 aromatic rings. The number of aromatic nitrogens is 3. The molecular formula is C30H26N4O5. The Morgan fingerprint density at radius 2 is 1.87 bits per heavy atom. The van der Waals surface area contributed by atoms with Crippen molar-refractivity contribution >= 4 is 39.3 Å². The Labute approximate surface area is 223 Å². The smallest absolute Gasteiger partial charge is 0.341 e. The van der Waals surface area contributed by atoms with Crippen molar-refractivity contribution in [3.8, 4) is 0 Å². The van der Waals surface area contributed by atoms with Crippen LogP contribution in [0.4, 0.5) is 0 Å². The third-order valence-corrected chi connectivity index (χ3v) is 6.92. The minimum absolute atomic E-state index is 0.0192. The summed E-state index contributed by atoms with van der Waals surface area (Å²) in [5.41, 5.74) is 0.921. The minimum Gasteiger partial charge on any atom is -0.462 e. The molecule has 9 nitrogen and oxygen atoms in total. The molecule has 196 valence electrons. The SMILES string of the molecule is CCOC(=O)c1cc2c(=O)n3ccccc3nc2n(CC2CCCO2)c1=NC(=O)c1cccc2ccccc12. The number of hydrogen-bond donors (Lipinski definition) is 0. The predicted molar refractivity (Wildman–Crippen MR) is 146 cm³/mol. The Balaban J connectivity index is 1.68. The monoisotopic (exact) mass is 522 g/mol. The summed E-state index contributed by atoms with van der Waals surface area (Å²) in [7, 11) is 0. The average molecular weight is 523 g/mol. The summed E-state index contributed by atoms with van der Waals surface area (Å²) in [6, 6.07) is 19.7. The van der Waals surface area contributed by atoms with Crippen LogP contribution in [0.2, 0.25) is 0 Å². The fraction of sp³-hybridized carbons (Fsp3) is 0.233. The largest absolute Gasteiger partial charge is 0.462 e. The Morgan fingerprint density at radius 1 is 1.05 bits per heavy atom. The summed E-state index contributed by atoms with van der Waals surface area (Å²) in [6.45, 7) is 2.69. The minimum atomic E-state index is -0.678. The van der Waals surface area contributed by atoms with Gasteiger partial charge in [0, 0.05) is 18.4 Å². The van der Waals surface area contributed by atoms with E-state index in [1.54, 1.807) is 48.0 Å². The van der Waals surface area contributed by atoms with Crippen LogP contribution in [0.25, 0.3) is 27.5 Å². The molecule has 3 aromatic heterocycles. The van der Waals surface area contributed by atoms with Crippen molar-refractivity contribution in [2.24, 2.45) is 4.99 Å². The van der Waals surface area contributed by atoms with Crippen molar-refractivity contribution in [1.82, 2.24) is 14.0 Å². The van der Waals surface area contributed by atoms with Gasteiger partial charge < -0.3 is 14.0 Å². The van der Waals surface area contributed by atoms with Crippen LogP contribution in [0.5, 0.6) is 0 Å². The van der Waals surface area contributed by atoms with E-state index in [2.05, 4.69) is 4.99 Å². The zero-order valence-corrected chi connectivity index (χ0v) is 21.4. The first-order chi connectivity index (χ1) is 19.0. The highest BCUT2D eigenvalue weighted by Gasteiger charge is 2.24. The number of amides is 1. The molecule has 0 saturated carbocycles. The number of esters is 1.